The monoisotopic (exact) mass is 366 g/mol. The number of hydrogen-bond donors (Lipinski definition) is 1. The van der Waals surface area contributed by atoms with Gasteiger partial charge in [0.2, 0.25) is 0 Å². The summed E-state index contributed by atoms with van der Waals surface area (Å²) in [6, 6.07) is 10.8. The lowest BCUT2D eigenvalue weighted by Gasteiger charge is -2.10. The first-order valence-electron chi connectivity index (χ1n) is 7.50. The second-order valence-electron chi connectivity index (χ2n) is 5.57. The minimum Gasteiger partial charge on any atom is -0.460 e. The minimum atomic E-state index is -4.37. The smallest absolute Gasteiger partial charge is 0.416 e. The van der Waals surface area contributed by atoms with Crippen molar-refractivity contribution in [3.05, 3.63) is 60.1 Å². The van der Waals surface area contributed by atoms with Crippen molar-refractivity contribution in [1.82, 2.24) is 5.32 Å². The molecule has 1 aliphatic rings. The number of amidine groups is 1. The maximum atomic E-state index is 13.0. The van der Waals surface area contributed by atoms with Crippen molar-refractivity contribution in [2.45, 2.75) is 6.18 Å². The van der Waals surface area contributed by atoms with Crippen LogP contribution in [0, 0.1) is 0 Å². The second-order valence-corrected chi connectivity index (χ2v) is 5.57. The molecule has 4 rings (SSSR count). The molecule has 7 heteroatoms. The first-order chi connectivity index (χ1) is 11.5. The van der Waals surface area contributed by atoms with Gasteiger partial charge in [-0.3, -0.25) is 4.99 Å². The zero-order valence-electron chi connectivity index (χ0n) is 12.9. The summed E-state index contributed by atoms with van der Waals surface area (Å²) in [5.74, 6) is 1.21. The van der Waals surface area contributed by atoms with Gasteiger partial charge in [-0.25, -0.2) is 0 Å². The number of fused-ring (bicyclic) bond motifs is 1. The van der Waals surface area contributed by atoms with Crippen LogP contribution in [0.3, 0.4) is 0 Å². The Morgan fingerprint density at radius 1 is 1.08 bits per heavy atom. The molecule has 1 aromatic heterocycles. The van der Waals surface area contributed by atoms with Crippen molar-refractivity contribution in [2.24, 2.45) is 4.99 Å². The van der Waals surface area contributed by atoms with E-state index in [9.17, 15) is 13.2 Å². The molecular weight excluding hydrogens is 353 g/mol. The van der Waals surface area contributed by atoms with Gasteiger partial charge in [-0.15, -0.1) is 12.4 Å². The van der Waals surface area contributed by atoms with E-state index in [1.807, 2.05) is 6.07 Å². The van der Waals surface area contributed by atoms with Crippen molar-refractivity contribution in [1.29, 1.82) is 0 Å². The molecule has 0 saturated carbocycles. The van der Waals surface area contributed by atoms with E-state index in [0.717, 1.165) is 29.4 Å². The van der Waals surface area contributed by atoms with Gasteiger partial charge in [-0.1, -0.05) is 30.3 Å². The van der Waals surface area contributed by atoms with E-state index >= 15 is 0 Å². The van der Waals surface area contributed by atoms with Crippen LogP contribution >= 0.6 is 12.4 Å². The molecule has 0 amide bonds. The largest absolute Gasteiger partial charge is 0.460 e. The normalized spacial score (nSPS) is 14.1. The first kappa shape index (κ1) is 17.4. The van der Waals surface area contributed by atoms with E-state index in [4.69, 9.17) is 4.42 Å². The van der Waals surface area contributed by atoms with Gasteiger partial charge in [0.1, 0.15) is 0 Å². The number of benzene rings is 2. The van der Waals surface area contributed by atoms with E-state index in [1.165, 1.54) is 6.07 Å². The third kappa shape index (κ3) is 3.09. The number of nitrogens with one attached hydrogen (secondary N) is 1. The summed E-state index contributed by atoms with van der Waals surface area (Å²) in [6.07, 6.45) is -2.77. The number of halogens is 4. The number of alkyl halides is 3. The summed E-state index contributed by atoms with van der Waals surface area (Å²) in [6.45, 7) is 1.38. The number of rotatable bonds is 2. The van der Waals surface area contributed by atoms with Gasteiger partial charge < -0.3 is 9.73 Å². The lowest BCUT2D eigenvalue weighted by molar-refractivity contribution is -0.137. The molecule has 3 nitrogen and oxygen atoms in total. The van der Waals surface area contributed by atoms with Crippen molar-refractivity contribution < 1.29 is 17.6 Å². The fraction of sp³-hybridized carbons (Fsp3) is 0.167. The molecule has 0 aliphatic carbocycles. The topological polar surface area (TPSA) is 37.5 Å². The number of furan rings is 1. The Labute approximate surface area is 148 Å². The third-order valence-electron chi connectivity index (χ3n) is 4.02. The zero-order valence-corrected chi connectivity index (χ0v) is 13.7. The summed E-state index contributed by atoms with van der Waals surface area (Å²) in [5.41, 5.74) is 0.522. The van der Waals surface area contributed by atoms with Crippen molar-refractivity contribution in [2.75, 3.05) is 13.1 Å². The van der Waals surface area contributed by atoms with Gasteiger partial charge in [0.05, 0.1) is 18.4 Å². The molecule has 130 valence electrons. The third-order valence-corrected chi connectivity index (χ3v) is 4.02. The number of nitrogens with zero attached hydrogens (tertiary/aromatic N) is 1. The minimum absolute atomic E-state index is 0. The lowest BCUT2D eigenvalue weighted by Crippen LogP contribution is -2.19. The molecule has 0 bridgehead atoms. The molecule has 0 spiro atoms. The average molecular weight is 367 g/mol. The van der Waals surface area contributed by atoms with E-state index in [1.54, 1.807) is 24.5 Å². The maximum Gasteiger partial charge on any atom is 0.416 e. The Morgan fingerprint density at radius 3 is 2.60 bits per heavy atom. The Bertz CT molecular complexity index is 947. The molecule has 2 heterocycles. The molecule has 3 aromatic rings. The highest BCUT2D eigenvalue weighted by atomic mass is 35.5. The number of aliphatic imine (C=N–C) groups is 1. The molecule has 0 atom stereocenters. The maximum absolute atomic E-state index is 13.0. The van der Waals surface area contributed by atoms with Crippen LogP contribution in [0.5, 0.6) is 0 Å². The summed E-state index contributed by atoms with van der Waals surface area (Å²) < 4.78 is 44.7. The van der Waals surface area contributed by atoms with Crippen molar-refractivity contribution >= 4 is 29.0 Å². The van der Waals surface area contributed by atoms with Crippen LogP contribution in [0.25, 0.3) is 21.9 Å². The SMILES string of the molecule is Cl.FC(F)(F)c1cccc(-c2cccc3coc(C4=NCCN4)c23)c1. The van der Waals surface area contributed by atoms with E-state index in [0.29, 0.717) is 29.3 Å². The molecular formula is C18H14ClF3N2O. The van der Waals surface area contributed by atoms with Crippen LogP contribution in [0.15, 0.2) is 58.1 Å². The van der Waals surface area contributed by atoms with Gasteiger partial charge in [0, 0.05) is 17.3 Å². The number of hydrogen-bond acceptors (Lipinski definition) is 3. The fourth-order valence-electron chi connectivity index (χ4n) is 2.93. The van der Waals surface area contributed by atoms with Gasteiger partial charge in [-0.05, 0) is 23.3 Å². The summed E-state index contributed by atoms with van der Waals surface area (Å²) in [5, 5.41) is 4.74. The van der Waals surface area contributed by atoms with Crippen LogP contribution in [-0.2, 0) is 6.18 Å². The highest BCUT2D eigenvalue weighted by Crippen LogP contribution is 2.36. The highest BCUT2D eigenvalue weighted by molar-refractivity contribution is 6.12. The zero-order chi connectivity index (χ0) is 16.7. The summed E-state index contributed by atoms with van der Waals surface area (Å²) in [7, 11) is 0. The quantitative estimate of drug-likeness (QED) is 0.701. The summed E-state index contributed by atoms with van der Waals surface area (Å²) >= 11 is 0. The Hall–Kier alpha value is -2.47. The average Bonchev–Trinajstić information content (AvgIpc) is 3.22. The Kier molecular flexibility index (Phi) is 4.47. The molecule has 25 heavy (non-hydrogen) atoms. The standard InChI is InChI=1S/C18H13F3N2O.ClH/c19-18(20,21)13-5-1-3-11(9-13)14-6-2-4-12-10-24-16(15(12)14)17-22-7-8-23-17;/h1-6,9-10H,7-8H2,(H,22,23);1H. The van der Waals surface area contributed by atoms with Crippen LogP contribution in [0.1, 0.15) is 11.3 Å². The molecule has 2 aromatic carbocycles. The molecule has 1 N–H and O–H groups in total. The van der Waals surface area contributed by atoms with Gasteiger partial charge in [0.25, 0.3) is 0 Å². The molecule has 0 radical (unpaired) electrons. The highest BCUT2D eigenvalue weighted by Gasteiger charge is 2.30. The van der Waals surface area contributed by atoms with Gasteiger partial charge in [0.15, 0.2) is 11.6 Å². The van der Waals surface area contributed by atoms with Crippen molar-refractivity contribution in [3.63, 3.8) is 0 Å². The van der Waals surface area contributed by atoms with Crippen LogP contribution in [0.4, 0.5) is 13.2 Å². The Balaban J connectivity index is 0.00000182. The predicted molar refractivity (Wildman–Crippen MR) is 93.3 cm³/mol. The van der Waals surface area contributed by atoms with Crippen molar-refractivity contribution in [3.8, 4) is 11.1 Å². The first-order valence-corrected chi connectivity index (χ1v) is 7.50. The Morgan fingerprint density at radius 2 is 1.88 bits per heavy atom. The van der Waals surface area contributed by atoms with Gasteiger partial charge in [-0.2, -0.15) is 13.2 Å². The van der Waals surface area contributed by atoms with Crippen LogP contribution < -0.4 is 5.32 Å². The van der Waals surface area contributed by atoms with Crippen LogP contribution in [0.2, 0.25) is 0 Å². The van der Waals surface area contributed by atoms with E-state index in [-0.39, 0.29) is 12.4 Å². The van der Waals surface area contributed by atoms with E-state index in [2.05, 4.69) is 10.3 Å². The lowest BCUT2D eigenvalue weighted by atomic mass is 9.97. The predicted octanol–water partition coefficient (Wildman–Crippen LogP) is 4.89. The fourth-order valence-corrected chi connectivity index (χ4v) is 2.93. The van der Waals surface area contributed by atoms with Gasteiger partial charge >= 0.3 is 6.18 Å². The van der Waals surface area contributed by atoms with Crippen LogP contribution in [-0.4, -0.2) is 18.9 Å². The molecule has 1 aliphatic heterocycles. The molecule has 0 saturated heterocycles. The van der Waals surface area contributed by atoms with E-state index < -0.39 is 11.7 Å². The second kappa shape index (κ2) is 6.44. The molecule has 0 unspecified atom stereocenters. The molecule has 0 fully saturated rings. The summed E-state index contributed by atoms with van der Waals surface area (Å²) in [4.78, 5) is 4.35.